The van der Waals surface area contributed by atoms with Crippen LogP contribution < -0.4 is 11.1 Å². The monoisotopic (exact) mass is 287 g/mol. The molecule has 0 saturated heterocycles. The number of rotatable bonds is 4. The number of halogens is 1. The van der Waals surface area contributed by atoms with Crippen LogP contribution in [0.5, 0.6) is 0 Å². The van der Waals surface area contributed by atoms with Gasteiger partial charge in [-0.25, -0.2) is 4.39 Å². The molecule has 2 aromatic rings. The summed E-state index contributed by atoms with van der Waals surface area (Å²) in [5.41, 5.74) is 7.24. The molecular formula is C15H14FN3O2. The number of hydrogen-bond acceptors (Lipinski definition) is 3. The van der Waals surface area contributed by atoms with E-state index in [2.05, 4.69) is 10.5 Å². The summed E-state index contributed by atoms with van der Waals surface area (Å²) in [4.78, 5) is 11.9. The van der Waals surface area contributed by atoms with Gasteiger partial charge in [0.2, 0.25) is 0 Å². The maximum Gasteiger partial charge on any atom is 0.255 e. The second-order valence-corrected chi connectivity index (χ2v) is 4.43. The van der Waals surface area contributed by atoms with Crippen molar-refractivity contribution in [3.8, 4) is 0 Å². The van der Waals surface area contributed by atoms with Gasteiger partial charge in [0.05, 0.1) is 0 Å². The van der Waals surface area contributed by atoms with E-state index in [9.17, 15) is 9.18 Å². The summed E-state index contributed by atoms with van der Waals surface area (Å²) in [5.74, 6) is -0.601. The Labute approximate surface area is 120 Å². The highest BCUT2D eigenvalue weighted by Crippen LogP contribution is 2.12. The van der Waals surface area contributed by atoms with Gasteiger partial charge >= 0.3 is 0 Å². The number of amides is 1. The van der Waals surface area contributed by atoms with Gasteiger partial charge in [0.25, 0.3) is 5.91 Å². The largest absolute Gasteiger partial charge is 0.409 e. The number of carbonyl (C=O) groups excluding carboxylic acids is 1. The Balaban J connectivity index is 2.03. The number of amidine groups is 1. The van der Waals surface area contributed by atoms with Gasteiger partial charge in [-0.15, -0.1) is 0 Å². The molecule has 1 amide bonds. The fourth-order valence-corrected chi connectivity index (χ4v) is 1.75. The Bertz CT molecular complexity index is 652. The predicted octanol–water partition coefficient (Wildman–Crippen LogP) is 2.37. The predicted molar refractivity (Wildman–Crippen MR) is 77.9 cm³/mol. The Kier molecular flexibility index (Phi) is 4.50. The molecule has 0 bridgehead atoms. The Morgan fingerprint density at radius 1 is 1.14 bits per heavy atom. The third kappa shape index (κ3) is 4.04. The van der Waals surface area contributed by atoms with E-state index in [4.69, 9.17) is 10.9 Å². The molecule has 0 heterocycles. The summed E-state index contributed by atoms with van der Waals surface area (Å²) in [7, 11) is 0. The van der Waals surface area contributed by atoms with Gasteiger partial charge < -0.3 is 16.3 Å². The molecule has 0 atom stereocenters. The number of carbonyl (C=O) groups is 1. The smallest absolute Gasteiger partial charge is 0.255 e. The van der Waals surface area contributed by atoms with Crippen LogP contribution >= 0.6 is 0 Å². The molecule has 21 heavy (non-hydrogen) atoms. The highest BCUT2D eigenvalue weighted by molar-refractivity contribution is 6.04. The van der Waals surface area contributed by atoms with Gasteiger partial charge in [0.15, 0.2) is 0 Å². The van der Waals surface area contributed by atoms with E-state index in [0.717, 1.165) is 5.56 Å². The summed E-state index contributed by atoms with van der Waals surface area (Å²) in [6.07, 6.45) is 0.322. The minimum Gasteiger partial charge on any atom is -0.409 e. The maximum absolute atomic E-state index is 12.8. The van der Waals surface area contributed by atoms with Gasteiger partial charge in [0, 0.05) is 17.7 Å². The van der Waals surface area contributed by atoms with Crippen LogP contribution in [0.2, 0.25) is 0 Å². The van der Waals surface area contributed by atoms with Crippen molar-refractivity contribution in [2.75, 3.05) is 5.32 Å². The topological polar surface area (TPSA) is 87.7 Å². The van der Waals surface area contributed by atoms with Crippen LogP contribution in [-0.2, 0) is 6.42 Å². The van der Waals surface area contributed by atoms with Crippen molar-refractivity contribution in [2.24, 2.45) is 10.9 Å². The third-order valence-corrected chi connectivity index (χ3v) is 2.83. The fraction of sp³-hybridized carbons (Fsp3) is 0.0667. The van der Waals surface area contributed by atoms with Crippen molar-refractivity contribution >= 4 is 17.4 Å². The summed E-state index contributed by atoms with van der Waals surface area (Å²) in [6, 6.07) is 12.2. The molecule has 0 aliphatic rings. The van der Waals surface area contributed by atoms with E-state index in [1.807, 2.05) is 0 Å². The number of nitrogens with one attached hydrogen (secondary N) is 1. The van der Waals surface area contributed by atoms with Crippen molar-refractivity contribution in [1.29, 1.82) is 0 Å². The van der Waals surface area contributed by atoms with Crippen LogP contribution in [0, 0.1) is 5.82 Å². The first-order valence-corrected chi connectivity index (χ1v) is 6.21. The van der Waals surface area contributed by atoms with E-state index in [1.54, 1.807) is 24.3 Å². The maximum atomic E-state index is 12.8. The number of oxime groups is 1. The lowest BCUT2D eigenvalue weighted by molar-refractivity contribution is 0.102. The van der Waals surface area contributed by atoms with Crippen molar-refractivity contribution in [3.63, 3.8) is 0 Å². The lowest BCUT2D eigenvalue weighted by atomic mass is 10.1. The molecule has 0 aliphatic carbocycles. The average Bonchev–Trinajstić information content (AvgIpc) is 2.49. The molecule has 6 heteroatoms. The third-order valence-electron chi connectivity index (χ3n) is 2.83. The van der Waals surface area contributed by atoms with Crippen molar-refractivity contribution in [2.45, 2.75) is 6.42 Å². The summed E-state index contributed by atoms with van der Waals surface area (Å²) in [6.45, 7) is 0. The van der Waals surface area contributed by atoms with E-state index in [1.165, 1.54) is 24.3 Å². The number of benzene rings is 2. The average molecular weight is 287 g/mol. The number of hydrogen-bond donors (Lipinski definition) is 3. The molecule has 0 unspecified atom stereocenters. The van der Waals surface area contributed by atoms with Crippen molar-refractivity contribution in [3.05, 3.63) is 65.5 Å². The molecule has 0 aliphatic heterocycles. The summed E-state index contributed by atoms with van der Waals surface area (Å²) < 4.78 is 12.8. The zero-order valence-electron chi connectivity index (χ0n) is 11.1. The minimum atomic E-state index is -0.390. The highest BCUT2D eigenvalue weighted by atomic mass is 19.1. The van der Waals surface area contributed by atoms with Gasteiger partial charge in [-0.3, -0.25) is 4.79 Å². The van der Waals surface area contributed by atoms with E-state index in [-0.39, 0.29) is 17.6 Å². The molecule has 5 nitrogen and oxygen atoms in total. The first-order chi connectivity index (χ1) is 10.1. The lowest BCUT2D eigenvalue weighted by Gasteiger charge is -2.06. The molecule has 0 saturated carbocycles. The van der Waals surface area contributed by atoms with E-state index >= 15 is 0 Å². The van der Waals surface area contributed by atoms with E-state index < -0.39 is 0 Å². The Morgan fingerprint density at radius 3 is 2.33 bits per heavy atom. The van der Waals surface area contributed by atoms with Crippen molar-refractivity contribution < 1.29 is 14.4 Å². The van der Waals surface area contributed by atoms with Gasteiger partial charge in [0.1, 0.15) is 11.7 Å². The first-order valence-electron chi connectivity index (χ1n) is 6.21. The molecule has 0 radical (unpaired) electrons. The van der Waals surface area contributed by atoms with Crippen LogP contribution in [0.1, 0.15) is 15.9 Å². The van der Waals surface area contributed by atoms with Crippen LogP contribution in [0.3, 0.4) is 0 Å². The van der Waals surface area contributed by atoms with Gasteiger partial charge in [-0.1, -0.05) is 17.3 Å². The van der Waals surface area contributed by atoms with Crippen LogP contribution in [0.25, 0.3) is 0 Å². The second-order valence-electron chi connectivity index (χ2n) is 4.43. The van der Waals surface area contributed by atoms with E-state index in [0.29, 0.717) is 17.7 Å². The molecule has 108 valence electrons. The molecule has 0 spiro atoms. The van der Waals surface area contributed by atoms with Gasteiger partial charge in [-0.2, -0.15) is 0 Å². The molecule has 2 rings (SSSR count). The SMILES string of the molecule is NC(Cc1ccc(NC(=O)c2ccc(F)cc2)cc1)=NO. The molecular weight excluding hydrogens is 273 g/mol. The number of nitrogens with two attached hydrogens (primary N) is 1. The summed E-state index contributed by atoms with van der Waals surface area (Å²) in [5, 5.41) is 14.1. The highest BCUT2D eigenvalue weighted by Gasteiger charge is 2.06. The normalized spacial score (nSPS) is 11.2. The molecule has 4 N–H and O–H groups in total. The quantitative estimate of drug-likeness (QED) is 0.349. The lowest BCUT2D eigenvalue weighted by Crippen LogP contribution is -2.15. The van der Waals surface area contributed by atoms with Crippen LogP contribution in [0.4, 0.5) is 10.1 Å². The Hall–Kier alpha value is -2.89. The summed E-state index contributed by atoms with van der Waals surface area (Å²) >= 11 is 0. The zero-order chi connectivity index (χ0) is 15.2. The van der Waals surface area contributed by atoms with Gasteiger partial charge in [-0.05, 0) is 42.0 Å². The molecule has 0 fully saturated rings. The van der Waals surface area contributed by atoms with Crippen LogP contribution in [-0.4, -0.2) is 17.0 Å². The van der Waals surface area contributed by atoms with Crippen molar-refractivity contribution in [1.82, 2.24) is 0 Å². The standard InChI is InChI=1S/C15H14FN3O2/c16-12-5-3-11(4-6-12)15(20)18-13-7-1-10(2-8-13)9-14(17)19-21/h1-8,21H,9H2,(H2,17,19)(H,18,20). The van der Waals surface area contributed by atoms with Crippen LogP contribution in [0.15, 0.2) is 53.7 Å². The molecule has 2 aromatic carbocycles. The minimum absolute atomic E-state index is 0.109. The number of anilines is 1. The fourth-order valence-electron chi connectivity index (χ4n) is 1.75. The number of nitrogens with zero attached hydrogens (tertiary/aromatic N) is 1. The first kappa shape index (κ1) is 14.5. The Morgan fingerprint density at radius 2 is 1.76 bits per heavy atom. The second kappa shape index (κ2) is 6.51. The zero-order valence-corrected chi connectivity index (χ0v) is 11.1. The molecule has 0 aromatic heterocycles.